The SMILES string of the molecule is CC(C)C1(c2ccccc2)CC(=O)NC1C. The molecule has 2 rings (SSSR count). The summed E-state index contributed by atoms with van der Waals surface area (Å²) in [6, 6.07) is 10.6. The standard InChI is InChI=1S/C14H19NO/c1-10(2)14(9-13(16)15-11(14)3)12-7-5-4-6-8-12/h4-8,10-11H,9H2,1-3H3,(H,15,16). The van der Waals surface area contributed by atoms with Crippen molar-refractivity contribution in [2.75, 3.05) is 0 Å². The number of carbonyl (C=O) groups excluding carboxylic acids is 1. The van der Waals surface area contributed by atoms with Gasteiger partial charge in [0.1, 0.15) is 0 Å². The molecule has 1 N–H and O–H groups in total. The lowest BCUT2D eigenvalue weighted by molar-refractivity contribution is -0.119. The van der Waals surface area contributed by atoms with Gasteiger partial charge < -0.3 is 5.32 Å². The molecular formula is C14H19NO. The fourth-order valence-corrected chi connectivity index (χ4v) is 2.98. The maximum atomic E-state index is 11.6. The van der Waals surface area contributed by atoms with Gasteiger partial charge in [-0.05, 0) is 18.4 Å². The van der Waals surface area contributed by atoms with Crippen molar-refractivity contribution >= 4 is 5.91 Å². The Balaban J connectivity index is 2.49. The van der Waals surface area contributed by atoms with Crippen molar-refractivity contribution in [1.82, 2.24) is 5.32 Å². The van der Waals surface area contributed by atoms with Crippen molar-refractivity contribution < 1.29 is 4.79 Å². The molecule has 2 unspecified atom stereocenters. The summed E-state index contributed by atoms with van der Waals surface area (Å²) in [6.07, 6.45) is 0.607. The molecule has 1 amide bonds. The molecule has 1 saturated heterocycles. The lowest BCUT2D eigenvalue weighted by atomic mass is 9.67. The molecule has 0 spiro atoms. The molecule has 86 valence electrons. The van der Waals surface area contributed by atoms with E-state index < -0.39 is 0 Å². The third-order valence-corrected chi connectivity index (χ3v) is 3.94. The van der Waals surface area contributed by atoms with Crippen molar-refractivity contribution in [3.05, 3.63) is 35.9 Å². The molecule has 1 aliphatic heterocycles. The van der Waals surface area contributed by atoms with Gasteiger partial charge in [-0.2, -0.15) is 0 Å². The van der Waals surface area contributed by atoms with Gasteiger partial charge in [0.15, 0.2) is 0 Å². The summed E-state index contributed by atoms with van der Waals surface area (Å²) in [5.41, 5.74) is 1.23. The van der Waals surface area contributed by atoms with Crippen molar-refractivity contribution in [3.63, 3.8) is 0 Å². The number of rotatable bonds is 2. The molecule has 1 aromatic rings. The summed E-state index contributed by atoms with van der Waals surface area (Å²) >= 11 is 0. The Morgan fingerprint density at radius 1 is 1.31 bits per heavy atom. The molecular weight excluding hydrogens is 198 g/mol. The zero-order valence-corrected chi connectivity index (χ0v) is 10.2. The van der Waals surface area contributed by atoms with Gasteiger partial charge in [-0.25, -0.2) is 0 Å². The first-order valence-electron chi connectivity index (χ1n) is 5.92. The monoisotopic (exact) mass is 217 g/mol. The predicted molar refractivity (Wildman–Crippen MR) is 65.2 cm³/mol. The Bertz CT molecular complexity index is 385. The van der Waals surface area contributed by atoms with E-state index in [1.807, 2.05) is 6.07 Å². The number of hydrogen-bond acceptors (Lipinski definition) is 1. The van der Waals surface area contributed by atoms with Gasteiger partial charge in [0.2, 0.25) is 5.91 Å². The molecule has 0 bridgehead atoms. The maximum absolute atomic E-state index is 11.6. The smallest absolute Gasteiger partial charge is 0.221 e. The Hall–Kier alpha value is -1.31. The van der Waals surface area contributed by atoms with Crippen LogP contribution in [0.1, 0.15) is 32.8 Å². The number of nitrogens with one attached hydrogen (secondary N) is 1. The maximum Gasteiger partial charge on any atom is 0.221 e. The summed E-state index contributed by atoms with van der Waals surface area (Å²) in [5, 5.41) is 3.05. The van der Waals surface area contributed by atoms with Gasteiger partial charge in [0.25, 0.3) is 0 Å². The minimum Gasteiger partial charge on any atom is -0.353 e. The van der Waals surface area contributed by atoms with E-state index in [2.05, 4.69) is 50.4 Å². The Labute approximate surface area is 97.1 Å². The molecule has 0 aromatic heterocycles. The predicted octanol–water partition coefficient (Wildman–Crippen LogP) is 2.49. The van der Waals surface area contributed by atoms with Gasteiger partial charge in [-0.3, -0.25) is 4.79 Å². The quantitative estimate of drug-likeness (QED) is 0.810. The number of amides is 1. The number of carbonyl (C=O) groups is 1. The first kappa shape index (κ1) is 11.2. The van der Waals surface area contributed by atoms with Crippen LogP contribution in [0.15, 0.2) is 30.3 Å². The highest BCUT2D eigenvalue weighted by Crippen LogP contribution is 2.42. The van der Waals surface area contributed by atoms with Crippen LogP contribution in [0.3, 0.4) is 0 Å². The topological polar surface area (TPSA) is 29.1 Å². The molecule has 0 saturated carbocycles. The van der Waals surface area contributed by atoms with Gasteiger partial charge in [-0.1, -0.05) is 44.2 Å². The van der Waals surface area contributed by atoms with Gasteiger partial charge in [0, 0.05) is 17.9 Å². The first-order chi connectivity index (χ1) is 7.57. The molecule has 1 aromatic carbocycles. The highest BCUT2D eigenvalue weighted by atomic mass is 16.2. The second-order valence-corrected chi connectivity index (χ2v) is 5.03. The molecule has 0 aliphatic carbocycles. The zero-order chi connectivity index (χ0) is 11.8. The number of hydrogen-bond donors (Lipinski definition) is 1. The Kier molecular flexibility index (Phi) is 2.75. The van der Waals surface area contributed by atoms with Crippen molar-refractivity contribution in [2.45, 2.75) is 38.6 Å². The molecule has 1 fully saturated rings. The van der Waals surface area contributed by atoms with E-state index in [0.29, 0.717) is 12.3 Å². The first-order valence-corrected chi connectivity index (χ1v) is 5.92. The van der Waals surface area contributed by atoms with E-state index >= 15 is 0 Å². The lowest BCUT2D eigenvalue weighted by Gasteiger charge is -2.37. The lowest BCUT2D eigenvalue weighted by Crippen LogP contribution is -2.42. The van der Waals surface area contributed by atoms with E-state index in [-0.39, 0.29) is 17.4 Å². The van der Waals surface area contributed by atoms with Crippen LogP contribution in [-0.2, 0) is 10.2 Å². The third kappa shape index (κ3) is 1.53. The van der Waals surface area contributed by atoms with E-state index in [0.717, 1.165) is 0 Å². The average molecular weight is 217 g/mol. The Morgan fingerprint density at radius 3 is 2.38 bits per heavy atom. The number of benzene rings is 1. The van der Waals surface area contributed by atoms with Crippen LogP contribution in [0, 0.1) is 5.92 Å². The second-order valence-electron chi connectivity index (χ2n) is 5.03. The van der Waals surface area contributed by atoms with E-state index in [4.69, 9.17) is 0 Å². The van der Waals surface area contributed by atoms with Crippen LogP contribution in [0.5, 0.6) is 0 Å². The Morgan fingerprint density at radius 2 is 1.94 bits per heavy atom. The molecule has 1 heterocycles. The van der Waals surface area contributed by atoms with E-state index in [1.165, 1.54) is 5.56 Å². The second kappa shape index (κ2) is 3.93. The zero-order valence-electron chi connectivity index (χ0n) is 10.2. The average Bonchev–Trinajstić information content (AvgIpc) is 2.56. The highest BCUT2D eigenvalue weighted by molar-refractivity contribution is 5.81. The van der Waals surface area contributed by atoms with Crippen LogP contribution in [0.25, 0.3) is 0 Å². The van der Waals surface area contributed by atoms with Gasteiger partial charge >= 0.3 is 0 Å². The summed E-state index contributed by atoms with van der Waals surface area (Å²) in [7, 11) is 0. The van der Waals surface area contributed by atoms with Crippen LogP contribution in [0.2, 0.25) is 0 Å². The molecule has 2 nitrogen and oxygen atoms in total. The minimum atomic E-state index is -0.0433. The van der Waals surface area contributed by atoms with Crippen LogP contribution < -0.4 is 5.32 Å². The minimum absolute atomic E-state index is 0.0433. The van der Waals surface area contributed by atoms with Crippen LogP contribution in [-0.4, -0.2) is 11.9 Å². The largest absolute Gasteiger partial charge is 0.353 e. The van der Waals surface area contributed by atoms with Crippen molar-refractivity contribution in [3.8, 4) is 0 Å². The van der Waals surface area contributed by atoms with E-state index in [1.54, 1.807) is 0 Å². The summed E-state index contributed by atoms with van der Waals surface area (Å²) in [4.78, 5) is 11.6. The van der Waals surface area contributed by atoms with Gasteiger partial charge in [-0.15, -0.1) is 0 Å². The van der Waals surface area contributed by atoms with Crippen molar-refractivity contribution in [2.24, 2.45) is 5.92 Å². The third-order valence-electron chi connectivity index (χ3n) is 3.94. The summed E-state index contributed by atoms with van der Waals surface area (Å²) in [5.74, 6) is 0.619. The summed E-state index contributed by atoms with van der Waals surface area (Å²) in [6.45, 7) is 6.51. The van der Waals surface area contributed by atoms with Gasteiger partial charge in [0.05, 0.1) is 0 Å². The van der Waals surface area contributed by atoms with Crippen LogP contribution in [0.4, 0.5) is 0 Å². The molecule has 2 heteroatoms. The highest BCUT2D eigenvalue weighted by Gasteiger charge is 2.47. The fourth-order valence-electron chi connectivity index (χ4n) is 2.98. The van der Waals surface area contributed by atoms with E-state index in [9.17, 15) is 4.79 Å². The normalized spacial score (nSPS) is 29.5. The molecule has 1 aliphatic rings. The summed E-state index contributed by atoms with van der Waals surface area (Å²) < 4.78 is 0. The molecule has 2 atom stereocenters. The van der Waals surface area contributed by atoms with Crippen LogP contribution >= 0.6 is 0 Å². The fraction of sp³-hybridized carbons (Fsp3) is 0.500. The molecule has 16 heavy (non-hydrogen) atoms. The molecule has 0 radical (unpaired) electrons. The van der Waals surface area contributed by atoms with Crippen molar-refractivity contribution in [1.29, 1.82) is 0 Å².